The van der Waals surface area contributed by atoms with Crippen LogP contribution < -0.4 is 9.64 Å². The number of piperazine rings is 1. The third kappa shape index (κ3) is 4.55. The summed E-state index contributed by atoms with van der Waals surface area (Å²) in [7, 11) is 0. The summed E-state index contributed by atoms with van der Waals surface area (Å²) in [6.07, 6.45) is -0.924. The molecular formula is C23H27FN4O3. The Balaban J connectivity index is 1.77. The number of aromatic nitrogens is 1. The Hall–Kier alpha value is -3.34. The Morgan fingerprint density at radius 3 is 2.68 bits per heavy atom. The zero-order valence-electron chi connectivity index (χ0n) is 18.2. The van der Waals surface area contributed by atoms with Crippen molar-refractivity contribution in [1.82, 2.24) is 9.88 Å². The van der Waals surface area contributed by atoms with Gasteiger partial charge in [0.1, 0.15) is 18.2 Å². The minimum absolute atomic E-state index is 0.0134. The molecule has 0 spiro atoms. The molecule has 0 radical (unpaired) electrons. The summed E-state index contributed by atoms with van der Waals surface area (Å²) in [5.41, 5.74) is -0.308. The van der Waals surface area contributed by atoms with E-state index in [-0.39, 0.29) is 17.6 Å². The van der Waals surface area contributed by atoms with Gasteiger partial charge in [-0.05, 0) is 30.5 Å². The summed E-state index contributed by atoms with van der Waals surface area (Å²) in [5, 5.41) is 18.5. The second-order valence-electron chi connectivity index (χ2n) is 8.92. The maximum Gasteiger partial charge on any atom is 0.407 e. The first-order valence-electron chi connectivity index (χ1n) is 10.1. The van der Waals surface area contributed by atoms with Gasteiger partial charge < -0.3 is 14.7 Å². The summed E-state index contributed by atoms with van der Waals surface area (Å²) < 4.78 is 19.8. The van der Waals surface area contributed by atoms with Gasteiger partial charge in [-0.25, -0.2) is 9.18 Å². The Labute approximate surface area is 181 Å². The molecule has 1 aromatic carbocycles. The van der Waals surface area contributed by atoms with Gasteiger partial charge in [-0.2, -0.15) is 10.2 Å². The van der Waals surface area contributed by atoms with Crippen molar-refractivity contribution in [3.05, 3.63) is 53.3 Å². The van der Waals surface area contributed by atoms with Crippen LogP contribution in [0.3, 0.4) is 0 Å². The van der Waals surface area contributed by atoms with E-state index in [4.69, 9.17) is 10.00 Å². The molecule has 2 heterocycles. The standard InChI is InChI=1S/C23H27FN4O3/c1-22(2,3)23(4)15-27(10-11-28(23)21(29)30)19-6-5-7-20(26-19)31-14-17-9-8-16(13-25)12-18(17)24/h5-9,12H,10-11,14-15H2,1-4H3,(H,29,30). The molecule has 0 saturated carbocycles. The van der Waals surface area contributed by atoms with Crippen molar-refractivity contribution < 1.29 is 19.0 Å². The zero-order chi connectivity index (χ0) is 22.8. The van der Waals surface area contributed by atoms with Gasteiger partial charge in [-0.1, -0.05) is 32.9 Å². The first-order chi connectivity index (χ1) is 14.5. The maximum absolute atomic E-state index is 14.1. The molecule has 1 aliphatic rings. The van der Waals surface area contributed by atoms with Crippen LogP contribution in [0.2, 0.25) is 0 Å². The van der Waals surface area contributed by atoms with E-state index < -0.39 is 17.4 Å². The van der Waals surface area contributed by atoms with E-state index >= 15 is 0 Å². The minimum atomic E-state index is -0.924. The molecule has 1 aromatic heterocycles. The number of nitriles is 1. The predicted molar refractivity (Wildman–Crippen MR) is 114 cm³/mol. The number of rotatable bonds is 4. The number of hydrogen-bond donors (Lipinski definition) is 1. The summed E-state index contributed by atoms with van der Waals surface area (Å²) in [6, 6.07) is 11.5. The molecule has 2 aromatic rings. The van der Waals surface area contributed by atoms with Crippen molar-refractivity contribution in [3.8, 4) is 11.9 Å². The minimum Gasteiger partial charge on any atom is -0.473 e. The van der Waals surface area contributed by atoms with Crippen LogP contribution >= 0.6 is 0 Å². The lowest BCUT2D eigenvalue weighted by molar-refractivity contribution is 0.00725. The summed E-state index contributed by atoms with van der Waals surface area (Å²) in [6.45, 7) is 9.42. The van der Waals surface area contributed by atoms with Crippen molar-refractivity contribution in [2.75, 3.05) is 24.5 Å². The highest BCUT2D eigenvalue weighted by Crippen LogP contribution is 2.39. The highest BCUT2D eigenvalue weighted by molar-refractivity contribution is 5.67. The van der Waals surface area contributed by atoms with Gasteiger partial charge in [-0.15, -0.1) is 0 Å². The van der Waals surface area contributed by atoms with E-state index in [1.807, 2.05) is 45.9 Å². The number of nitrogens with zero attached hydrogens (tertiary/aromatic N) is 4. The molecular weight excluding hydrogens is 399 g/mol. The first kappa shape index (κ1) is 22.3. The Kier molecular flexibility index (Phi) is 6.07. The summed E-state index contributed by atoms with van der Waals surface area (Å²) >= 11 is 0. The summed E-state index contributed by atoms with van der Waals surface area (Å²) in [4.78, 5) is 19.9. The van der Waals surface area contributed by atoms with Crippen LogP contribution in [-0.4, -0.2) is 46.3 Å². The molecule has 3 rings (SSSR count). The van der Waals surface area contributed by atoms with Gasteiger partial charge in [0.15, 0.2) is 0 Å². The quantitative estimate of drug-likeness (QED) is 0.785. The third-order valence-corrected chi connectivity index (χ3v) is 6.13. The highest BCUT2D eigenvalue weighted by Gasteiger charge is 2.48. The van der Waals surface area contributed by atoms with Crippen molar-refractivity contribution in [2.45, 2.75) is 39.8 Å². The molecule has 1 fully saturated rings. The van der Waals surface area contributed by atoms with Crippen LogP contribution in [-0.2, 0) is 6.61 Å². The number of benzene rings is 1. The molecule has 1 atom stereocenters. The number of ether oxygens (including phenoxy) is 1. The van der Waals surface area contributed by atoms with E-state index in [2.05, 4.69) is 9.88 Å². The van der Waals surface area contributed by atoms with E-state index in [1.165, 1.54) is 17.0 Å². The van der Waals surface area contributed by atoms with Gasteiger partial charge in [0.2, 0.25) is 5.88 Å². The molecule has 164 valence electrons. The molecule has 7 nitrogen and oxygen atoms in total. The van der Waals surface area contributed by atoms with Crippen molar-refractivity contribution in [2.24, 2.45) is 5.41 Å². The average Bonchev–Trinajstić information content (AvgIpc) is 2.72. The van der Waals surface area contributed by atoms with E-state index in [1.54, 1.807) is 12.1 Å². The number of amides is 1. The highest BCUT2D eigenvalue weighted by atomic mass is 19.1. The van der Waals surface area contributed by atoms with Crippen molar-refractivity contribution in [3.63, 3.8) is 0 Å². The lowest BCUT2D eigenvalue weighted by Gasteiger charge is -2.54. The van der Waals surface area contributed by atoms with Gasteiger partial charge in [-0.3, -0.25) is 4.90 Å². The second-order valence-corrected chi connectivity index (χ2v) is 8.92. The smallest absolute Gasteiger partial charge is 0.407 e. The predicted octanol–water partition coefficient (Wildman–Crippen LogP) is 4.28. The monoisotopic (exact) mass is 426 g/mol. The SMILES string of the molecule is CC(C)(C)C1(C)CN(c2cccc(OCc3ccc(C#N)cc3F)n2)CCN1C(=O)O. The van der Waals surface area contributed by atoms with Crippen LogP contribution in [0.25, 0.3) is 0 Å². The molecule has 0 bridgehead atoms. The van der Waals surface area contributed by atoms with Crippen molar-refractivity contribution in [1.29, 1.82) is 5.26 Å². The van der Waals surface area contributed by atoms with Crippen LogP contribution in [0.15, 0.2) is 36.4 Å². The summed E-state index contributed by atoms with van der Waals surface area (Å²) in [5.74, 6) is 0.527. The molecule has 1 unspecified atom stereocenters. The fourth-order valence-corrected chi connectivity index (χ4v) is 3.69. The molecule has 1 aliphatic heterocycles. The lowest BCUT2D eigenvalue weighted by Crippen LogP contribution is -2.67. The van der Waals surface area contributed by atoms with E-state index in [0.717, 1.165) is 0 Å². The van der Waals surface area contributed by atoms with Gasteiger partial charge in [0, 0.05) is 31.3 Å². The molecule has 1 amide bonds. The van der Waals surface area contributed by atoms with Gasteiger partial charge in [0.05, 0.1) is 17.2 Å². The number of carboxylic acid groups (broad SMARTS) is 1. The second kappa shape index (κ2) is 8.42. The van der Waals surface area contributed by atoms with Gasteiger partial charge in [0.25, 0.3) is 0 Å². The van der Waals surface area contributed by atoms with E-state index in [9.17, 15) is 14.3 Å². The zero-order valence-corrected chi connectivity index (χ0v) is 18.2. The number of carbonyl (C=O) groups is 1. The first-order valence-corrected chi connectivity index (χ1v) is 10.1. The Morgan fingerprint density at radius 2 is 2.06 bits per heavy atom. The molecule has 31 heavy (non-hydrogen) atoms. The molecule has 0 aliphatic carbocycles. The Morgan fingerprint density at radius 1 is 1.32 bits per heavy atom. The average molecular weight is 426 g/mol. The third-order valence-electron chi connectivity index (χ3n) is 6.13. The van der Waals surface area contributed by atoms with Crippen LogP contribution in [0.5, 0.6) is 5.88 Å². The fourth-order valence-electron chi connectivity index (χ4n) is 3.69. The van der Waals surface area contributed by atoms with Crippen LogP contribution in [0.4, 0.5) is 15.0 Å². The maximum atomic E-state index is 14.1. The van der Waals surface area contributed by atoms with E-state index in [0.29, 0.717) is 36.9 Å². The van der Waals surface area contributed by atoms with Crippen LogP contribution in [0, 0.1) is 22.6 Å². The molecule has 8 heteroatoms. The Bertz CT molecular complexity index is 1010. The fraction of sp³-hybridized carbons (Fsp3) is 0.435. The molecule has 1 N–H and O–H groups in total. The number of hydrogen-bond acceptors (Lipinski definition) is 5. The normalized spacial score (nSPS) is 19.1. The lowest BCUT2D eigenvalue weighted by atomic mass is 9.72. The van der Waals surface area contributed by atoms with Crippen molar-refractivity contribution >= 4 is 11.9 Å². The van der Waals surface area contributed by atoms with Gasteiger partial charge >= 0.3 is 6.09 Å². The topological polar surface area (TPSA) is 89.7 Å². The number of halogens is 1. The molecule has 1 saturated heterocycles. The number of anilines is 1. The largest absolute Gasteiger partial charge is 0.473 e. The number of pyridine rings is 1. The van der Waals surface area contributed by atoms with Crippen LogP contribution in [0.1, 0.15) is 38.8 Å².